The highest BCUT2D eigenvalue weighted by atomic mass is 127. The number of ether oxygens (including phenoxy) is 2. The van der Waals surface area contributed by atoms with Crippen LogP contribution in [-0.2, 0) is 11.2 Å². The van der Waals surface area contributed by atoms with Crippen molar-refractivity contribution in [1.29, 1.82) is 0 Å². The van der Waals surface area contributed by atoms with Crippen LogP contribution in [0.15, 0.2) is 35.8 Å². The lowest BCUT2D eigenvalue weighted by molar-refractivity contribution is -0.127. The van der Waals surface area contributed by atoms with Crippen molar-refractivity contribution in [3.05, 3.63) is 36.4 Å². The Kier molecular flexibility index (Phi) is 9.11. The third kappa shape index (κ3) is 6.81. The van der Waals surface area contributed by atoms with Gasteiger partial charge in [0, 0.05) is 27.2 Å². The summed E-state index contributed by atoms with van der Waals surface area (Å²) in [7, 11) is 3.42. The molecule has 1 heterocycles. The number of carbonyl (C=O) groups excluding carboxylic acids is 1. The number of guanidine groups is 1. The maximum Gasteiger partial charge on any atom is 0.243 e. The van der Waals surface area contributed by atoms with Gasteiger partial charge < -0.3 is 25.0 Å². The lowest BCUT2D eigenvalue weighted by Gasteiger charge is -2.13. The quantitative estimate of drug-likeness (QED) is 0.279. The van der Waals surface area contributed by atoms with E-state index >= 15 is 0 Å². The predicted octanol–water partition coefficient (Wildman–Crippen LogP) is 1.39. The molecule has 7 nitrogen and oxygen atoms in total. The number of carbonyl (C=O) groups is 1. The molecule has 1 amide bonds. The fourth-order valence-corrected chi connectivity index (χ4v) is 2.05. The van der Waals surface area contributed by atoms with Gasteiger partial charge in [-0.05, 0) is 24.1 Å². The molecule has 1 aliphatic heterocycles. The first kappa shape index (κ1) is 21.1. The smallest absolute Gasteiger partial charge is 0.243 e. The molecule has 0 atom stereocenters. The number of aliphatic imine (C=N–C) groups is 1. The van der Waals surface area contributed by atoms with Crippen molar-refractivity contribution in [2.75, 3.05) is 40.5 Å². The maximum atomic E-state index is 11.6. The fourth-order valence-electron chi connectivity index (χ4n) is 2.05. The molecule has 0 spiro atoms. The number of nitrogens with zero attached hydrogens (tertiary/aromatic N) is 2. The number of nitrogens with one attached hydrogen (secondary N) is 2. The van der Waals surface area contributed by atoms with Crippen LogP contribution in [0.25, 0.3) is 0 Å². The van der Waals surface area contributed by atoms with Crippen LogP contribution in [0.2, 0.25) is 0 Å². The van der Waals surface area contributed by atoms with E-state index in [-0.39, 0.29) is 43.2 Å². The molecule has 1 aliphatic rings. The Morgan fingerprint density at radius 2 is 2.08 bits per heavy atom. The van der Waals surface area contributed by atoms with E-state index in [9.17, 15) is 4.79 Å². The van der Waals surface area contributed by atoms with Crippen LogP contribution in [0, 0.1) is 0 Å². The Labute approximate surface area is 165 Å². The standard InChI is InChI=1S/C17H24N4O3.HI/c1-4-8-18-17(20-11-16(22)21(2)3)19-9-7-13-5-6-14-15(10-13)24-12-23-14;/h4-6,10H,1,7-9,11-12H2,2-3H3,(H2,18,19,20);1H. The molecule has 1 aromatic rings. The molecule has 0 fully saturated rings. The van der Waals surface area contributed by atoms with Crippen molar-refractivity contribution in [3.8, 4) is 11.5 Å². The summed E-state index contributed by atoms with van der Waals surface area (Å²) in [5, 5.41) is 6.31. The van der Waals surface area contributed by atoms with E-state index < -0.39 is 0 Å². The monoisotopic (exact) mass is 460 g/mol. The van der Waals surface area contributed by atoms with Crippen molar-refractivity contribution < 1.29 is 14.3 Å². The number of rotatable bonds is 7. The van der Waals surface area contributed by atoms with Gasteiger partial charge >= 0.3 is 0 Å². The summed E-state index contributed by atoms with van der Waals surface area (Å²) in [6, 6.07) is 5.91. The van der Waals surface area contributed by atoms with Gasteiger partial charge in [-0.1, -0.05) is 12.1 Å². The minimum absolute atomic E-state index is 0. The van der Waals surface area contributed by atoms with E-state index in [2.05, 4.69) is 22.2 Å². The second-order valence-corrected chi connectivity index (χ2v) is 5.49. The molecule has 0 unspecified atom stereocenters. The third-order valence-corrected chi connectivity index (χ3v) is 3.43. The molecule has 0 aromatic heterocycles. The zero-order valence-electron chi connectivity index (χ0n) is 14.6. The van der Waals surface area contributed by atoms with Gasteiger partial charge in [0.25, 0.3) is 0 Å². The van der Waals surface area contributed by atoms with E-state index in [1.807, 2.05) is 18.2 Å². The van der Waals surface area contributed by atoms with Crippen LogP contribution >= 0.6 is 24.0 Å². The van der Waals surface area contributed by atoms with Crippen molar-refractivity contribution in [2.24, 2.45) is 4.99 Å². The summed E-state index contributed by atoms with van der Waals surface area (Å²) in [5.74, 6) is 2.10. The summed E-state index contributed by atoms with van der Waals surface area (Å²) in [4.78, 5) is 17.4. The summed E-state index contributed by atoms with van der Waals surface area (Å²) < 4.78 is 10.7. The molecular formula is C17H25IN4O3. The van der Waals surface area contributed by atoms with E-state index in [1.165, 1.54) is 4.90 Å². The van der Waals surface area contributed by atoms with Gasteiger partial charge in [0.2, 0.25) is 12.7 Å². The van der Waals surface area contributed by atoms with Gasteiger partial charge in [-0.25, -0.2) is 4.99 Å². The molecule has 0 aliphatic carbocycles. The van der Waals surface area contributed by atoms with Crippen LogP contribution in [0.5, 0.6) is 11.5 Å². The Morgan fingerprint density at radius 3 is 2.80 bits per heavy atom. The first-order valence-electron chi connectivity index (χ1n) is 7.82. The molecule has 2 N–H and O–H groups in total. The molecule has 0 bridgehead atoms. The minimum Gasteiger partial charge on any atom is -0.454 e. The highest BCUT2D eigenvalue weighted by molar-refractivity contribution is 14.0. The number of hydrogen-bond acceptors (Lipinski definition) is 4. The number of hydrogen-bond donors (Lipinski definition) is 2. The Bertz CT molecular complexity index is 620. The van der Waals surface area contributed by atoms with Crippen LogP contribution < -0.4 is 20.1 Å². The van der Waals surface area contributed by atoms with Crippen molar-refractivity contribution in [3.63, 3.8) is 0 Å². The van der Waals surface area contributed by atoms with Crippen LogP contribution in [-0.4, -0.2) is 57.3 Å². The average molecular weight is 460 g/mol. The van der Waals surface area contributed by atoms with E-state index in [1.54, 1.807) is 20.2 Å². The molecule has 2 rings (SSSR count). The van der Waals surface area contributed by atoms with Gasteiger partial charge in [-0.3, -0.25) is 4.79 Å². The number of fused-ring (bicyclic) bond motifs is 1. The van der Waals surface area contributed by atoms with Gasteiger partial charge in [-0.2, -0.15) is 0 Å². The minimum atomic E-state index is -0.0505. The second kappa shape index (κ2) is 10.8. The largest absolute Gasteiger partial charge is 0.454 e. The van der Waals surface area contributed by atoms with Crippen LogP contribution in [0.4, 0.5) is 0 Å². The zero-order valence-corrected chi connectivity index (χ0v) is 16.9. The van der Waals surface area contributed by atoms with Crippen LogP contribution in [0.3, 0.4) is 0 Å². The summed E-state index contributed by atoms with van der Waals surface area (Å²) >= 11 is 0. The predicted molar refractivity (Wildman–Crippen MR) is 109 cm³/mol. The molecule has 25 heavy (non-hydrogen) atoms. The van der Waals surface area contributed by atoms with Crippen molar-refractivity contribution in [1.82, 2.24) is 15.5 Å². The average Bonchev–Trinajstić information content (AvgIpc) is 3.04. The molecule has 0 saturated carbocycles. The normalized spacial score (nSPS) is 12.2. The van der Waals surface area contributed by atoms with Crippen molar-refractivity contribution in [2.45, 2.75) is 6.42 Å². The molecule has 0 radical (unpaired) electrons. The van der Waals surface area contributed by atoms with Crippen molar-refractivity contribution >= 4 is 35.8 Å². The van der Waals surface area contributed by atoms with E-state index in [0.717, 1.165) is 23.5 Å². The first-order valence-corrected chi connectivity index (χ1v) is 7.82. The Balaban J connectivity index is 0.00000312. The zero-order chi connectivity index (χ0) is 17.4. The number of benzene rings is 1. The summed E-state index contributed by atoms with van der Waals surface area (Å²) in [6.45, 7) is 5.30. The highest BCUT2D eigenvalue weighted by Crippen LogP contribution is 2.32. The van der Waals surface area contributed by atoms with Crippen LogP contribution in [0.1, 0.15) is 5.56 Å². The maximum absolute atomic E-state index is 11.6. The summed E-state index contributed by atoms with van der Waals surface area (Å²) in [6.07, 6.45) is 2.54. The van der Waals surface area contributed by atoms with Gasteiger partial charge in [0.1, 0.15) is 6.54 Å². The fraction of sp³-hybridized carbons (Fsp3) is 0.412. The number of likely N-dealkylation sites (N-methyl/N-ethyl adjacent to an activating group) is 1. The molecule has 1 aromatic carbocycles. The second-order valence-electron chi connectivity index (χ2n) is 5.49. The lowest BCUT2D eigenvalue weighted by atomic mass is 10.1. The molecular weight excluding hydrogens is 435 g/mol. The Morgan fingerprint density at radius 1 is 1.32 bits per heavy atom. The van der Waals surface area contributed by atoms with E-state index in [0.29, 0.717) is 19.0 Å². The first-order chi connectivity index (χ1) is 11.6. The molecule has 0 saturated heterocycles. The molecule has 138 valence electrons. The highest BCUT2D eigenvalue weighted by Gasteiger charge is 2.13. The SMILES string of the molecule is C=CCNC(=NCC(=O)N(C)C)NCCc1ccc2c(c1)OCO2.I. The van der Waals surface area contributed by atoms with Gasteiger partial charge in [-0.15, -0.1) is 30.6 Å². The Hall–Kier alpha value is -1.97. The molecule has 8 heteroatoms. The summed E-state index contributed by atoms with van der Waals surface area (Å²) in [5.41, 5.74) is 1.14. The van der Waals surface area contributed by atoms with E-state index in [4.69, 9.17) is 9.47 Å². The van der Waals surface area contributed by atoms with Gasteiger partial charge in [0.15, 0.2) is 17.5 Å². The number of halogens is 1. The number of amides is 1. The third-order valence-electron chi connectivity index (χ3n) is 3.43. The topological polar surface area (TPSA) is 75.2 Å². The van der Waals surface area contributed by atoms with Gasteiger partial charge in [0.05, 0.1) is 0 Å². The lowest BCUT2D eigenvalue weighted by Crippen LogP contribution is -2.39.